The predicted molar refractivity (Wildman–Crippen MR) is 270 cm³/mol. The lowest BCUT2D eigenvalue weighted by atomic mass is 9.98. The number of benzene rings is 6. The van der Waals surface area contributed by atoms with E-state index in [0.29, 0.717) is 78.1 Å². The van der Waals surface area contributed by atoms with E-state index in [9.17, 15) is 39.6 Å². The normalized spacial score (nSPS) is 14.4. The van der Waals surface area contributed by atoms with E-state index in [4.69, 9.17) is 9.84 Å². The molecule has 3 aliphatic rings. The van der Waals surface area contributed by atoms with Crippen LogP contribution in [0.4, 0.5) is 17.1 Å². The number of esters is 1. The van der Waals surface area contributed by atoms with Crippen LogP contribution in [0, 0.1) is 0 Å². The molecule has 0 unspecified atom stereocenters. The van der Waals surface area contributed by atoms with Gasteiger partial charge in [0.1, 0.15) is 0 Å². The molecule has 21 heteroatoms. The second-order valence-corrected chi connectivity index (χ2v) is 21.6. The number of ether oxygens (including phenoxy) is 1. The maximum Gasteiger partial charge on any atom is 0.337 e. The number of rotatable bonds is 3. The minimum Gasteiger partial charge on any atom is -0.478 e. The fraction of sp³-hybridized carbons (Fsp3) is 0.0588. The van der Waals surface area contributed by atoms with Gasteiger partial charge in [0, 0.05) is 87.8 Å². The van der Waals surface area contributed by atoms with Crippen LogP contribution in [0.1, 0.15) is 31.1 Å². The zero-order valence-electron chi connectivity index (χ0n) is 37.9. The second-order valence-electron chi connectivity index (χ2n) is 16.6. The number of pyridine rings is 3. The molecule has 0 spiro atoms. The van der Waals surface area contributed by atoms with Gasteiger partial charge >= 0.3 is 11.9 Å². The van der Waals surface area contributed by atoms with E-state index in [2.05, 4.69) is 29.1 Å². The highest BCUT2D eigenvalue weighted by molar-refractivity contribution is 7.93. The van der Waals surface area contributed by atoms with Gasteiger partial charge in [-0.15, -0.1) is 0 Å². The first-order valence-electron chi connectivity index (χ1n) is 21.5. The fourth-order valence-electron chi connectivity index (χ4n) is 8.68. The molecule has 6 heterocycles. The van der Waals surface area contributed by atoms with Crippen molar-refractivity contribution < 1.29 is 49.5 Å². The van der Waals surface area contributed by atoms with Gasteiger partial charge < -0.3 is 14.7 Å². The van der Waals surface area contributed by atoms with Gasteiger partial charge in [-0.2, -0.15) is 0 Å². The van der Waals surface area contributed by atoms with E-state index in [0.717, 1.165) is 16.2 Å². The number of nitrogens with zero attached hydrogens (tertiary/aromatic N) is 4. The molecule has 0 fully saturated rings. The lowest BCUT2D eigenvalue weighted by Gasteiger charge is -2.23. The summed E-state index contributed by atoms with van der Waals surface area (Å²) in [6.07, 6.45) is 4.82. The Morgan fingerprint density at radius 1 is 0.472 bits per heavy atom. The highest BCUT2D eigenvalue weighted by atomic mass is 32.2. The standard InChI is InChI=1S/C18H15N3O3S.C17H12N2O4S.C16H10N2O4S/c1-21(2)18(22)12-6-8-15-14(10-12)13-7-5-11-4-3-9-19-16(11)17(13)20-25(15,23)24;1-23-17(20)11-5-7-14-13(9-11)12-6-4-10-3-2-8-18-15(10)16(12)19-24(14,21)22;19-16(20)10-4-6-13-12(8-10)11-5-3-9-2-1-7-17-14(9)15(11)18-23(13,21)22/h3-10,20H,1-2H3;2-9,19H,1H3;1-8,18H,(H,19,20). The number of aromatic carboxylic acids is 1. The van der Waals surface area contributed by atoms with Crippen molar-refractivity contribution >= 4 is 97.7 Å². The summed E-state index contributed by atoms with van der Waals surface area (Å²) in [7, 11) is -6.64. The molecule has 9 aromatic rings. The summed E-state index contributed by atoms with van der Waals surface area (Å²) in [6.45, 7) is 0. The number of carboxylic acids is 1. The van der Waals surface area contributed by atoms with Crippen molar-refractivity contribution in [2.45, 2.75) is 14.7 Å². The lowest BCUT2D eigenvalue weighted by Crippen LogP contribution is -2.23. The molecular formula is C51H37N7O11S3. The minimum absolute atomic E-state index is 0.0351. The van der Waals surface area contributed by atoms with E-state index in [1.807, 2.05) is 48.5 Å². The zero-order valence-corrected chi connectivity index (χ0v) is 40.3. The molecule has 0 radical (unpaired) electrons. The first kappa shape index (κ1) is 46.9. The monoisotopic (exact) mass is 1020 g/mol. The van der Waals surface area contributed by atoms with Crippen LogP contribution in [0.15, 0.2) is 161 Å². The molecule has 0 atom stereocenters. The van der Waals surface area contributed by atoms with Crippen molar-refractivity contribution in [1.82, 2.24) is 19.9 Å². The molecule has 3 aromatic heterocycles. The molecule has 0 bridgehead atoms. The van der Waals surface area contributed by atoms with Crippen molar-refractivity contribution in [3.8, 4) is 33.4 Å². The molecular weight excluding hydrogens is 983 g/mol. The Hall–Kier alpha value is -8.79. The first-order chi connectivity index (χ1) is 34.4. The van der Waals surface area contributed by atoms with Gasteiger partial charge in [-0.25, -0.2) is 34.8 Å². The Kier molecular flexibility index (Phi) is 11.4. The van der Waals surface area contributed by atoms with Crippen molar-refractivity contribution in [1.29, 1.82) is 0 Å². The van der Waals surface area contributed by atoms with Crippen LogP contribution < -0.4 is 14.2 Å². The van der Waals surface area contributed by atoms with Crippen LogP contribution in [-0.4, -0.2) is 89.3 Å². The maximum absolute atomic E-state index is 12.7. The summed E-state index contributed by atoms with van der Waals surface area (Å²) in [5.74, 6) is -1.81. The summed E-state index contributed by atoms with van der Waals surface area (Å²) >= 11 is 0. The van der Waals surface area contributed by atoms with Crippen molar-refractivity contribution in [3.63, 3.8) is 0 Å². The third kappa shape index (κ3) is 8.13. The van der Waals surface area contributed by atoms with Gasteiger partial charge in [0.25, 0.3) is 36.0 Å². The van der Waals surface area contributed by atoms with E-state index in [-0.39, 0.29) is 26.2 Å². The number of hydrogen-bond acceptors (Lipinski definition) is 13. The first-order valence-corrected chi connectivity index (χ1v) is 26.0. The Balaban J connectivity index is 0.000000124. The van der Waals surface area contributed by atoms with E-state index in [1.54, 1.807) is 63.0 Å². The van der Waals surface area contributed by atoms with E-state index in [1.165, 1.54) is 60.5 Å². The average molecular weight is 1020 g/mol. The van der Waals surface area contributed by atoms with Gasteiger partial charge in [-0.1, -0.05) is 54.6 Å². The van der Waals surface area contributed by atoms with Crippen molar-refractivity contribution in [2.24, 2.45) is 0 Å². The quantitative estimate of drug-likeness (QED) is 0.122. The van der Waals surface area contributed by atoms with Crippen LogP contribution in [0.25, 0.3) is 66.1 Å². The summed E-state index contributed by atoms with van der Waals surface area (Å²) in [5, 5.41) is 11.6. The number of sulfonamides is 3. The highest BCUT2D eigenvalue weighted by Crippen LogP contribution is 2.45. The van der Waals surface area contributed by atoms with Gasteiger partial charge in [0.15, 0.2) is 0 Å². The SMILES string of the molecule is CN(C)C(=O)c1ccc2c(c1)-c1ccc3cccnc3c1NS2(=O)=O.COC(=O)c1ccc2c(c1)-c1ccc3cccnc3c1NS2(=O)=O.O=C(O)c1ccc2c(c1)-c1ccc3cccnc3c1NS2(=O)=O. The molecule has 72 heavy (non-hydrogen) atoms. The van der Waals surface area contributed by atoms with Crippen LogP contribution in [0.5, 0.6) is 0 Å². The topological polar surface area (TPSA) is 261 Å². The Bertz CT molecular complexity index is 4190. The smallest absolute Gasteiger partial charge is 0.337 e. The Morgan fingerprint density at radius 3 is 1.18 bits per heavy atom. The minimum atomic E-state index is -3.77. The van der Waals surface area contributed by atoms with E-state index < -0.39 is 42.0 Å². The van der Waals surface area contributed by atoms with Crippen LogP contribution in [-0.2, 0) is 34.8 Å². The number of anilines is 3. The summed E-state index contributed by atoms with van der Waals surface area (Å²) < 4.78 is 87.9. The molecule has 0 saturated carbocycles. The molecule has 0 saturated heterocycles. The third-order valence-electron chi connectivity index (χ3n) is 12.0. The number of carbonyl (C=O) groups excluding carboxylic acids is 2. The molecule has 360 valence electrons. The molecule has 4 N–H and O–H groups in total. The number of methoxy groups -OCH3 is 1. The zero-order chi connectivity index (χ0) is 50.9. The number of carboxylic acid groups (broad SMARTS) is 1. The number of amides is 1. The second kappa shape index (κ2) is 17.6. The van der Waals surface area contributed by atoms with Gasteiger partial charge in [-0.05, 0) is 72.8 Å². The van der Waals surface area contributed by atoms with Crippen molar-refractivity contribution in [2.75, 3.05) is 35.4 Å². The molecule has 6 aromatic carbocycles. The number of fused-ring (bicyclic) bond motifs is 15. The number of aromatic nitrogens is 3. The van der Waals surface area contributed by atoms with Crippen molar-refractivity contribution in [3.05, 3.63) is 163 Å². The van der Waals surface area contributed by atoms with Crippen LogP contribution in [0.3, 0.4) is 0 Å². The van der Waals surface area contributed by atoms with E-state index >= 15 is 0 Å². The summed E-state index contributed by atoms with van der Waals surface area (Å²) in [5.41, 5.74) is 7.01. The fourth-order valence-corrected chi connectivity index (χ4v) is 12.6. The summed E-state index contributed by atoms with van der Waals surface area (Å²) in [4.78, 5) is 49.9. The third-order valence-corrected chi connectivity index (χ3v) is 16.3. The average Bonchev–Trinajstić information content (AvgIpc) is 3.37. The largest absolute Gasteiger partial charge is 0.478 e. The Morgan fingerprint density at radius 2 is 0.819 bits per heavy atom. The van der Waals surface area contributed by atoms with Gasteiger partial charge in [0.05, 0.1) is 66.5 Å². The molecule has 3 aliphatic heterocycles. The highest BCUT2D eigenvalue weighted by Gasteiger charge is 2.33. The predicted octanol–water partition coefficient (Wildman–Crippen LogP) is 8.23. The van der Waals surface area contributed by atoms with Gasteiger partial charge in [-0.3, -0.25) is 33.9 Å². The van der Waals surface area contributed by atoms with Crippen LogP contribution in [0.2, 0.25) is 0 Å². The number of hydrogen-bond donors (Lipinski definition) is 4. The lowest BCUT2D eigenvalue weighted by molar-refractivity contribution is 0.0599. The number of nitrogens with one attached hydrogen (secondary N) is 3. The van der Waals surface area contributed by atoms with Gasteiger partial charge in [0.2, 0.25) is 0 Å². The maximum atomic E-state index is 12.7. The van der Waals surface area contributed by atoms with Crippen LogP contribution >= 0.6 is 0 Å². The molecule has 12 rings (SSSR count). The summed E-state index contributed by atoms with van der Waals surface area (Å²) in [6, 6.07) is 34.9. The number of carbonyl (C=O) groups is 3. The Labute approximate surface area is 411 Å². The molecule has 1 amide bonds. The molecule has 0 aliphatic carbocycles. The molecule has 18 nitrogen and oxygen atoms in total.